The number of para-hydroxylation sites is 2. The Bertz CT molecular complexity index is 1190. The van der Waals surface area contributed by atoms with Crippen LogP contribution in [0, 0.1) is 6.92 Å². The molecule has 3 aromatic carbocycles. The van der Waals surface area contributed by atoms with Crippen LogP contribution >= 0.6 is 0 Å². The summed E-state index contributed by atoms with van der Waals surface area (Å²) in [7, 11) is 22.8. The van der Waals surface area contributed by atoms with Crippen LogP contribution in [0.2, 0.25) is 0 Å². The number of hydrogen-bond donors (Lipinski definition) is 0. The number of pyridine rings is 3. The average molecular weight is 912 g/mol. The minimum Gasteiger partial charge on any atom is -0.497 e. The molecule has 372 valence electrons. The Morgan fingerprint density at radius 1 is 0.246 bits per heavy atom. The van der Waals surface area contributed by atoms with E-state index in [0.29, 0.717) is 0 Å². The molecule has 0 amide bonds. The summed E-state index contributed by atoms with van der Waals surface area (Å²) in [5.74, 6) is 1.82. The quantitative estimate of drug-likeness (QED) is 0.165. The van der Waals surface area contributed by atoms with Crippen LogP contribution in [0.5, 0.6) is 11.5 Å². The first-order valence-corrected chi connectivity index (χ1v) is 20.9. The predicted molar refractivity (Wildman–Crippen MR) is 282 cm³/mol. The zero-order chi connectivity index (χ0) is 51.7. The molecule has 0 saturated carbocycles. The number of rotatable bonds is 2. The summed E-state index contributed by atoms with van der Waals surface area (Å²) in [5, 5.41) is 0. The molecule has 3 aromatic heterocycles. The van der Waals surface area contributed by atoms with Crippen LogP contribution in [-0.4, -0.2) is 114 Å². The molecule has 0 aliphatic heterocycles. The van der Waals surface area contributed by atoms with E-state index in [4.69, 9.17) is 9.47 Å². The van der Waals surface area contributed by atoms with Crippen LogP contribution in [0.1, 0.15) is 47.1 Å². The number of nitrogens with zero attached hydrogens (tertiary/aromatic N) is 3. The molecule has 6 rings (SSSR count). The molecule has 0 aliphatic rings. The lowest BCUT2D eigenvalue weighted by Gasteiger charge is -1.93. The average Bonchev–Trinajstić information content (AvgIpc) is 3.38. The van der Waals surface area contributed by atoms with Gasteiger partial charge < -0.3 is 37.9 Å². The molecule has 3 heterocycles. The Hall–Kier alpha value is -5.53. The van der Waals surface area contributed by atoms with Gasteiger partial charge in [-0.3, -0.25) is 15.0 Å². The normalized spacial score (nSPS) is 7.22. The first-order valence-electron chi connectivity index (χ1n) is 20.9. The van der Waals surface area contributed by atoms with Gasteiger partial charge in [0.25, 0.3) is 0 Å². The van der Waals surface area contributed by atoms with Gasteiger partial charge >= 0.3 is 0 Å². The third-order valence-corrected chi connectivity index (χ3v) is 4.60. The van der Waals surface area contributed by atoms with Crippen molar-refractivity contribution in [2.24, 2.45) is 0 Å². The number of methoxy groups -OCH3 is 8. The fourth-order valence-electron chi connectivity index (χ4n) is 2.59. The van der Waals surface area contributed by atoms with Crippen molar-refractivity contribution in [2.45, 2.75) is 48.5 Å². The van der Waals surface area contributed by atoms with Gasteiger partial charge in [0.15, 0.2) is 0 Å². The number of aromatic nitrogens is 3. The third kappa shape index (κ3) is 114. The summed E-state index contributed by atoms with van der Waals surface area (Å²) in [5.41, 5.74) is 1.32. The van der Waals surface area contributed by atoms with Crippen molar-refractivity contribution in [1.29, 1.82) is 0 Å². The van der Waals surface area contributed by atoms with Crippen molar-refractivity contribution in [3.8, 4) is 11.5 Å². The molecule has 6 aromatic rings. The van der Waals surface area contributed by atoms with E-state index in [9.17, 15) is 0 Å². The lowest BCUT2D eigenvalue weighted by Crippen LogP contribution is -1.78. The van der Waals surface area contributed by atoms with Crippen LogP contribution in [0.25, 0.3) is 0 Å². The van der Waals surface area contributed by atoms with Crippen molar-refractivity contribution >= 4 is 0 Å². The Balaban J connectivity index is -0.0000000758. The number of ether oxygens (including phenoxy) is 8. The summed E-state index contributed by atoms with van der Waals surface area (Å²) in [4.78, 5) is 11.4. The molecule has 0 radical (unpaired) electrons. The summed E-state index contributed by atoms with van der Waals surface area (Å²) >= 11 is 0. The van der Waals surface area contributed by atoms with Gasteiger partial charge in [-0.05, 0) is 67.6 Å². The summed E-state index contributed by atoms with van der Waals surface area (Å²) in [6, 6.07) is 46.8. The van der Waals surface area contributed by atoms with Crippen molar-refractivity contribution in [2.75, 3.05) is 99.5 Å². The number of benzene rings is 3. The molecular weight excluding hydrogens is 819 g/mol. The van der Waals surface area contributed by atoms with Crippen LogP contribution < -0.4 is 9.47 Å². The monoisotopic (exact) mass is 912 g/mol. The van der Waals surface area contributed by atoms with E-state index in [-0.39, 0.29) is 0 Å². The molecule has 11 heteroatoms. The van der Waals surface area contributed by atoms with Crippen molar-refractivity contribution in [3.63, 3.8) is 0 Å². The van der Waals surface area contributed by atoms with Gasteiger partial charge in [-0.1, -0.05) is 132 Å². The number of hydrogen-bond acceptors (Lipinski definition) is 11. The Kier molecular flexibility index (Phi) is 120. The van der Waals surface area contributed by atoms with Gasteiger partial charge in [-0.25, -0.2) is 0 Å². The van der Waals surface area contributed by atoms with E-state index >= 15 is 0 Å². The third-order valence-electron chi connectivity index (χ3n) is 4.60. The molecule has 0 N–H and O–H groups in total. The Morgan fingerprint density at radius 3 is 0.477 bits per heavy atom. The van der Waals surface area contributed by atoms with Gasteiger partial charge in [0.1, 0.15) is 11.5 Å². The van der Waals surface area contributed by atoms with Crippen molar-refractivity contribution in [3.05, 3.63) is 188 Å². The maximum absolute atomic E-state index is 4.91. The van der Waals surface area contributed by atoms with Gasteiger partial charge in [0.05, 0.1) is 14.2 Å². The molecule has 0 fully saturated rings. The maximum Gasteiger partial charge on any atom is 0.118 e. The van der Waals surface area contributed by atoms with Crippen molar-refractivity contribution < 1.29 is 37.9 Å². The van der Waals surface area contributed by atoms with E-state index in [1.165, 1.54) is 5.56 Å². The molecule has 0 atom stereocenters. The SMILES string of the molecule is CC.CC.CC.COC.COC.COC.COC.COC.COC.COc1ccccc1.COc1ccccc1.Cc1ccccc1.c1ccncc1.c1ccncc1.c1ccncc1. The van der Waals surface area contributed by atoms with Gasteiger partial charge in [0, 0.05) is 122 Å². The number of aryl methyl sites for hydroxylation is 1. The van der Waals surface area contributed by atoms with Gasteiger partial charge in [0.2, 0.25) is 0 Å². The summed E-state index contributed by atoms with van der Waals surface area (Å²) in [6.07, 6.45) is 10.5. The van der Waals surface area contributed by atoms with Crippen LogP contribution in [0.4, 0.5) is 0 Å². The van der Waals surface area contributed by atoms with Gasteiger partial charge in [-0.15, -0.1) is 0 Å². The van der Waals surface area contributed by atoms with E-state index in [1.54, 1.807) is 137 Å². The molecule has 0 bridgehead atoms. The van der Waals surface area contributed by atoms with E-state index in [0.717, 1.165) is 11.5 Å². The molecule has 11 nitrogen and oxygen atoms in total. The fraction of sp³-hybridized carbons (Fsp3) is 0.389. The second kappa shape index (κ2) is 97.7. The largest absolute Gasteiger partial charge is 0.497 e. The van der Waals surface area contributed by atoms with Crippen LogP contribution in [0.15, 0.2) is 183 Å². The second-order valence-corrected chi connectivity index (χ2v) is 10.2. The minimum absolute atomic E-state index is 0.910. The van der Waals surface area contributed by atoms with Crippen LogP contribution in [-0.2, 0) is 28.4 Å². The van der Waals surface area contributed by atoms with E-state index in [1.807, 2.05) is 175 Å². The van der Waals surface area contributed by atoms with E-state index < -0.39 is 0 Å². The molecule has 0 unspecified atom stereocenters. The zero-order valence-corrected chi connectivity index (χ0v) is 44.4. The van der Waals surface area contributed by atoms with Gasteiger partial charge in [-0.2, -0.15) is 0 Å². The maximum atomic E-state index is 4.91. The lowest BCUT2D eigenvalue weighted by molar-refractivity contribution is 0.277. The topological polar surface area (TPSA) is 113 Å². The van der Waals surface area contributed by atoms with Crippen molar-refractivity contribution in [1.82, 2.24) is 15.0 Å². The fourth-order valence-corrected chi connectivity index (χ4v) is 2.59. The molecule has 65 heavy (non-hydrogen) atoms. The zero-order valence-electron chi connectivity index (χ0n) is 44.4. The van der Waals surface area contributed by atoms with E-state index in [2.05, 4.69) is 62.4 Å². The highest BCUT2D eigenvalue weighted by Crippen LogP contribution is 2.06. The predicted octanol–water partition coefficient (Wildman–Crippen LogP) is 13.3. The highest BCUT2D eigenvalue weighted by atomic mass is 16.5. The molecule has 0 saturated heterocycles. The smallest absolute Gasteiger partial charge is 0.118 e. The minimum atomic E-state index is 0.910. The van der Waals surface area contributed by atoms with Crippen LogP contribution in [0.3, 0.4) is 0 Å². The first kappa shape index (κ1) is 79.8. The molecule has 0 spiro atoms. The Labute approximate surface area is 399 Å². The highest BCUT2D eigenvalue weighted by molar-refractivity contribution is 5.21. The second-order valence-electron chi connectivity index (χ2n) is 10.2. The first-order chi connectivity index (χ1) is 31.7. The standard InChI is InChI=1S/2C7H8O.C7H8.3C5H5N.6C2H6O.3C2H6/c2*1-8-7-5-3-2-4-6-7;1-7-5-3-2-4-6-7;3*1-2-4-6-5-3-1;6*1-3-2;3*1-2/h2*2-6H,1H3;2-6H,1H3;3*1-5H;6*1-2H3;3*1-2H3. The molecule has 0 aliphatic carbocycles. The summed E-state index contributed by atoms with van der Waals surface area (Å²) in [6.45, 7) is 14.1. The molecular formula is C54H93N3O8. The highest BCUT2D eigenvalue weighted by Gasteiger charge is 1.81. The Morgan fingerprint density at radius 2 is 0.400 bits per heavy atom. The summed E-state index contributed by atoms with van der Waals surface area (Å²) < 4.78 is 35.3. The lowest BCUT2D eigenvalue weighted by atomic mass is 10.2.